The molecular formula is C13H20O2. The second kappa shape index (κ2) is 4.11. The van der Waals surface area contributed by atoms with Crippen LogP contribution in [0.25, 0.3) is 0 Å². The molecule has 5 atom stereocenters. The highest BCUT2D eigenvalue weighted by Gasteiger charge is 2.38. The Kier molecular flexibility index (Phi) is 2.98. The molecular weight excluding hydrogens is 188 g/mol. The Balaban J connectivity index is 2.06. The molecule has 1 fully saturated rings. The highest BCUT2D eigenvalue weighted by Crippen LogP contribution is 2.40. The molecule has 0 aromatic carbocycles. The lowest BCUT2D eigenvalue weighted by Crippen LogP contribution is -2.35. The van der Waals surface area contributed by atoms with Crippen LogP contribution in [-0.4, -0.2) is 23.4 Å². The van der Waals surface area contributed by atoms with Gasteiger partial charge in [0.25, 0.3) is 0 Å². The molecule has 1 saturated heterocycles. The molecule has 2 aliphatic heterocycles. The summed E-state index contributed by atoms with van der Waals surface area (Å²) in [6.45, 7) is 8.19. The van der Waals surface area contributed by atoms with Crippen LogP contribution < -0.4 is 0 Å². The zero-order valence-corrected chi connectivity index (χ0v) is 9.52. The summed E-state index contributed by atoms with van der Waals surface area (Å²) in [6, 6.07) is 0. The predicted octanol–water partition coefficient (Wildman–Crippen LogP) is 2.29. The molecule has 2 aliphatic rings. The molecule has 1 N–H and O–H groups in total. The normalized spacial score (nSPS) is 38.1. The van der Waals surface area contributed by atoms with Crippen molar-refractivity contribution < 1.29 is 9.84 Å². The fourth-order valence-electron chi connectivity index (χ4n) is 2.88. The molecule has 2 nitrogen and oxygen atoms in total. The molecule has 2 heterocycles. The smallest absolute Gasteiger partial charge is 0.0832 e. The lowest BCUT2D eigenvalue weighted by atomic mass is 9.78. The molecule has 2 rings (SSSR count). The first kappa shape index (κ1) is 10.9. The quantitative estimate of drug-likeness (QED) is 0.721. The molecule has 15 heavy (non-hydrogen) atoms. The highest BCUT2D eigenvalue weighted by atomic mass is 16.5. The molecule has 0 saturated carbocycles. The van der Waals surface area contributed by atoms with E-state index in [1.54, 1.807) is 0 Å². The summed E-state index contributed by atoms with van der Waals surface area (Å²) >= 11 is 0. The van der Waals surface area contributed by atoms with Gasteiger partial charge in [0, 0.05) is 5.92 Å². The molecule has 84 valence electrons. The van der Waals surface area contributed by atoms with Gasteiger partial charge in [-0.1, -0.05) is 31.2 Å². The van der Waals surface area contributed by atoms with Crippen molar-refractivity contribution in [1.82, 2.24) is 0 Å². The van der Waals surface area contributed by atoms with Gasteiger partial charge >= 0.3 is 0 Å². The first-order valence-electron chi connectivity index (χ1n) is 5.77. The first-order chi connectivity index (χ1) is 7.08. The van der Waals surface area contributed by atoms with Crippen LogP contribution in [0.15, 0.2) is 24.3 Å². The Hall–Kier alpha value is -0.600. The maximum absolute atomic E-state index is 9.42. The minimum Gasteiger partial charge on any atom is -0.393 e. The van der Waals surface area contributed by atoms with Crippen molar-refractivity contribution in [3.8, 4) is 0 Å². The second-order valence-corrected chi connectivity index (χ2v) is 4.97. The van der Waals surface area contributed by atoms with Crippen LogP contribution in [0.4, 0.5) is 0 Å². The molecule has 0 amide bonds. The van der Waals surface area contributed by atoms with E-state index in [4.69, 9.17) is 4.74 Å². The molecule has 0 aliphatic carbocycles. The zero-order chi connectivity index (χ0) is 11.0. The van der Waals surface area contributed by atoms with Crippen LogP contribution in [0.1, 0.15) is 26.7 Å². The molecule has 2 bridgehead atoms. The fourth-order valence-corrected chi connectivity index (χ4v) is 2.88. The fraction of sp³-hybridized carbons (Fsp3) is 0.692. The van der Waals surface area contributed by atoms with Gasteiger partial charge < -0.3 is 9.84 Å². The lowest BCUT2D eigenvalue weighted by molar-refractivity contribution is -0.0116. The monoisotopic (exact) mass is 208 g/mol. The van der Waals surface area contributed by atoms with Crippen molar-refractivity contribution in [3.05, 3.63) is 24.3 Å². The number of rotatable bonds is 3. The number of hydrogen-bond donors (Lipinski definition) is 1. The van der Waals surface area contributed by atoms with Crippen LogP contribution in [0, 0.1) is 11.8 Å². The minimum absolute atomic E-state index is 0.199. The summed E-state index contributed by atoms with van der Waals surface area (Å²) in [7, 11) is 0. The van der Waals surface area contributed by atoms with Gasteiger partial charge in [-0.25, -0.2) is 0 Å². The Labute approximate surface area is 91.6 Å². The van der Waals surface area contributed by atoms with Crippen molar-refractivity contribution in [3.63, 3.8) is 0 Å². The lowest BCUT2D eigenvalue weighted by Gasteiger charge is -2.36. The maximum Gasteiger partial charge on any atom is 0.0832 e. The summed E-state index contributed by atoms with van der Waals surface area (Å²) in [5.74, 6) is 0.820. The maximum atomic E-state index is 9.42. The van der Waals surface area contributed by atoms with Crippen molar-refractivity contribution in [1.29, 1.82) is 0 Å². The van der Waals surface area contributed by atoms with E-state index in [0.717, 1.165) is 12.8 Å². The second-order valence-electron chi connectivity index (χ2n) is 4.97. The van der Waals surface area contributed by atoms with E-state index in [-0.39, 0.29) is 18.3 Å². The van der Waals surface area contributed by atoms with Crippen molar-refractivity contribution >= 4 is 0 Å². The summed E-state index contributed by atoms with van der Waals surface area (Å²) in [6.07, 6.45) is 6.29. The topological polar surface area (TPSA) is 29.5 Å². The van der Waals surface area contributed by atoms with Crippen LogP contribution in [-0.2, 0) is 4.74 Å². The largest absolute Gasteiger partial charge is 0.393 e. The predicted molar refractivity (Wildman–Crippen MR) is 60.5 cm³/mol. The van der Waals surface area contributed by atoms with Crippen molar-refractivity contribution in [2.75, 3.05) is 0 Å². The highest BCUT2D eigenvalue weighted by molar-refractivity contribution is 5.21. The van der Waals surface area contributed by atoms with Gasteiger partial charge in [0.05, 0.1) is 18.3 Å². The average Bonchev–Trinajstić information content (AvgIpc) is 2.46. The van der Waals surface area contributed by atoms with Crippen LogP contribution in [0.5, 0.6) is 0 Å². The third kappa shape index (κ3) is 2.16. The van der Waals surface area contributed by atoms with Crippen LogP contribution in [0.2, 0.25) is 0 Å². The third-order valence-electron chi connectivity index (χ3n) is 3.46. The number of hydrogen-bond acceptors (Lipinski definition) is 2. The Morgan fingerprint density at radius 2 is 2.27 bits per heavy atom. The van der Waals surface area contributed by atoms with E-state index in [1.165, 1.54) is 5.57 Å². The van der Waals surface area contributed by atoms with Gasteiger partial charge in [0.2, 0.25) is 0 Å². The van der Waals surface area contributed by atoms with Gasteiger partial charge in [-0.3, -0.25) is 0 Å². The van der Waals surface area contributed by atoms with Crippen LogP contribution >= 0.6 is 0 Å². The molecule has 0 radical (unpaired) electrons. The average molecular weight is 208 g/mol. The van der Waals surface area contributed by atoms with Crippen molar-refractivity contribution in [2.45, 2.75) is 45.0 Å². The molecule has 0 aromatic heterocycles. The minimum atomic E-state index is -0.240. The molecule has 0 spiro atoms. The molecule has 0 aromatic rings. The van der Waals surface area contributed by atoms with E-state index < -0.39 is 0 Å². The number of aliphatic hydroxyl groups is 1. The number of ether oxygens (including phenoxy) is 1. The van der Waals surface area contributed by atoms with Crippen molar-refractivity contribution in [2.24, 2.45) is 11.8 Å². The van der Waals surface area contributed by atoms with Gasteiger partial charge in [-0.05, 0) is 25.7 Å². The Morgan fingerprint density at radius 1 is 1.53 bits per heavy atom. The Morgan fingerprint density at radius 3 is 2.93 bits per heavy atom. The summed E-state index contributed by atoms with van der Waals surface area (Å²) in [5.41, 5.74) is 1.29. The number of aliphatic hydroxyl groups excluding tert-OH is 1. The van der Waals surface area contributed by atoms with Gasteiger partial charge in [-0.2, -0.15) is 0 Å². The summed E-state index contributed by atoms with van der Waals surface area (Å²) in [5, 5.41) is 9.42. The third-order valence-corrected chi connectivity index (χ3v) is 3.46. The summed E-state index contributed by atoms with van der Waals surface area (Å²) < 4.78 is 5.83. The van der Waals surface area contributed by atoms with E-state index in [9.17, 15) is 5.11 Å². The first-order valence-corrected chi connectivity index (χ1v) is 5.77. The molecule has 0 unspecified atom stereocenters. The standard InChI is InChI=1S/C13H20O2/c1-8(6-10(3)14)13-9(2)7-11-4-5-12(13)15-11/h4-5,8,10-14H,2,6-7H2,1,3H3/t8-,10-,11+,12-,13-/m0/s1. The van der Waals surface area contributed by atoms with E-state index in [2.05, 4.69) is 25.7 Å². The van der Waals surface area contributed by atoms with E-state index in [1.807, 2.05) is 6.92 Å². The van der Waals surface area contributed by atoms with Gasteiger partial charge in [-0.15, -0.1) is 0 Å². The SMILES string of the molecule is C=C1C[C@H]2C=C[C@H](O2)[C@H]1[C@@H](C)C[C@H](C)O. The zero-order valence-electron chi connectivity index (χ0n) is 9.52. The Bertz CT molecular complexity index is 280. The molecule has 2 heteroatoms. The van der Waals surface area contributed by atoms with E-state index in [0.29, 0.717) is 11.8 Å². The van der Waals surface area contributed by atoms with Gasteiger partial charge in [0.15, 0.2) is 0 Å². The van der Waals surface area contributed by atoms with Gasteiger partial charge in [0.1, 0.15) is 0 Å². The van der Waals surface area contributed by atoms with E-state index >= 15 is 0 Å². The summed E-state index contributed by atoms with van der Waals surface area (Å²) in [4.78, 5) is 0. The number of fused-ring (bicyclic) bond motifs is 2. The van der Waals surface area contributed by atoms with Crippen LogP contribution in [0.3, 0.4) is 0 Å².